The highest BCUT2D eigenvalue weighted by Crippen LogP contribution is 2.25. The second-order valence-electron chi connectivity index (χ2n) is 4.24. The number of anilines is 2. The van der Waals surface area contributed by atoms with Gasteiger partial charge in [-0.1, -0.05) is 0 Å². The first-order valence-corrected chi connectivity index (χ1v) is 7.02. The zero-order chi connectivity index (χ0) is 14.0. The molecule has 0 aliphatic heterocycles. The van der Waals surface area contributed by atoms with Gasteiger partial charge in [0.1, 0.15) is 5.82 Å². The molecule has 0 spiro atoms. The number of rotatable bonds is 3. The molecular formula is C14H15FN2OS. The Hall–Kier alpha value is -1.75. The van der Waals surface area contributed by atoms with Crippen molar-refractivity contribution in [3.05, 3.63) is 52.2 Å². The number of aromatic nitrogens is 1. The van der Waals surface area contributed by atoms with E-state index in [9.17, 15) is 9.18 Å². The summed E-state index contributed by atoms with van der Waals surface area (Å²) in [7, 11) is 1.69. The van der Waals surface area contributed by atoms with Crippen molar-refractivity contribution < 1.29 is 4.39 Å². The van der Waals surface area contributed by atoms with E-state index in [0.717, 1.165) is 4.90 Å². The fourth-order valence-corrected chi connectivity index (χ4v) is 2.19. The van der Waals surface area contributed by atoms with Gasteiger partial charge in [0, 0.05) is 29.4 Å². The number of halogens is 1. The first kappa shape index (κ1) is 13.7. The SMILES string of the molecule is CSc1ccc(Nc2ccn(C)c(=O)c2C)c(F)c1. The van der Waals surface area contributed by atoms with Crippen LogP contribution in [-0.4, -0.2) is 10.8 Å². The van der Waals surface area contributed by atoms with Crippen LogP contribution in [0.15, 0.2) is 40.2 Å². The molecule has 0 saturated heterocycles. The third-order valence-corrected chi connectivity index (χ3v) is 3.68. The molecule has 0 amide bonds. The third kappa shape index (κ3) is 2.81. The van der Waals surface area contributed by atoms with Gasteiger partial charge in [0.05, 0.1) is 5.69 Å². The van der Waals surface area contributed by atoms with Crippen LogP contribution in [0.4, 0.5) is 15.8 Å². The maximum Gasteiger partial charge on any atom is 0.255 e. The topological polar surface area (TPSA) is 34.0 Å². The maximum atomic E-state index is 13.9. The molecule has 0 aliphatic rings. The molecule has 0 radical (unpaired) electrons. The van der Waals surface area contributed by atoms with Gasteiger partial charge >= 0.3 is 0 Å². The van der Waals surface area contributed by atoms with Crippen LogP contribution in [0.25, 0.3) is 0 Å². The van der Waals surface area contributed by atoms with Gasteiger partial charge in [0.2, 0.25) is 0 Å². The van der Waals surface area contributed by atoms with E-state index in [1.54, 1.807) is 32.3 Å². The van der Waals surface area contributed by atoms with Crippen LogP contribution in [0.2, 0.25) is 0 Å². The minimum absolute atomic E-state index is 0.0915. The monoisotopic (exact) mass is 278 g/mol. The largest absolute Gasteiger partial charge is 0.353 e. The maximum absolute atomic E-state index is 13.9. The predicted molar refractivity (Wildman–Crippen MR) is 77.9 cm³/mol. The smallest absolute Gasteiger partial charge is 0.255 e. The van der Waals surface area contributed by atoms with E-state index in [1.807, 2.05) is 12.3 Å². The number of benzene rings is 1. The third-order valence-electron chi connectivity index (χ3n) is 2.96. The summed E-state index contributed by atoms with van der Waals surface area (Å²) >= 11 is 1.48. The van der Waals surface area contributed by atoms with Gasteiger partial charge in [0.25, 0.3) is 5.56 Å². The molecule has 1 N–H and O–H groups in total. The van der Waals surface area contributed by atoms with Crippen molar-refractivity contribution >= 4 is 23.1 Å². The minimum Gasteiger partial charge on any atom is -0.353 e. The van der Waals surface area contributed by atoms with Gasteiger partial charge in [-0.3, -0.25) is 4.79 Å². The van der Waals surface area contributed by atoms with Crippen molar-refractivity contribution in [3.63, 3.8) is 0 Å². The molecule has 0 aliphatic carbocycles. The number of aryl methyl sites for hydroxylation is 1. The predicted octanol–water partition coefficient (Wildman–Crippen LogP) is 3.30. The van der Waals surface area contributed by atoms with Gasteiger partial charge in [-0.2, -0.15) is 0 Å². The van der Waals surface area contributed by atoms with Crippen LogP contribution in [0.3, 0.4) is 0 Å². The van der Waals surface area contributed by atoms with Crippen molar-refractivity contribution in [1.82, 2.24) is 4.57 Å². The number of hydrogen-bond acceptors (Lipinski definition) is 3. The molecule has 0 fully saturated rings. The lowest BCUT2D eigenvalue weighted by Gasteiger charge is -2.11. The molecule has 2 rings (SSSR count). The normalized spacial score (nSPS) is 10.5. The lowest BCUT2D eigenvalue weighted by Crippen LogP contribution is -2.19. The lowest BCUT2D eigenvalue weighted by molar-refractivity contribution is 0.628. The molecule has 19 heavy (non-hydrogen) atoms. The summed E-state index contributed by atoms with van der Waals surface area (Å²) in [6, 6.07) is 6.76. The molecule has 0 unspecified atom stereocenters. The highest BCUT2D eigenvalue weighted by molar-refractivity contribution is 7.98. The van der Waals surface area contributed by atoms with E-state index in [2.05, 4.69) is 5.32 Å². The molecule has 5 heteroatoms. The molecule has 1 aromatic carbocycles. The fourth-order valence-electron chi connectivity index (χ4n) is 1.76. The summed E-state index contributed by atoms with van der Waals surface area (Å²) in [5, 5.41) is 2.96. The van der Waals surface area contributed by atoms with E-state index in [4.69, 9.17) is 0 Å². The van der Waals surface area contributed by atoms with Crippen molar-refractivity contribution in [3.8, 4) is 0 Å². The van der Waals surface area contributed by atoms with E-state index < -0.39 is 0 Å². The van der Waals surface area contributed by atoms with Crippen LogP contribution in [0.1, 0.15) is 5.56 Å². The molecule has 1 aromatic heterocycles. The summed E-state index contributed by atoms with van der Waals surface area (Å²) in [6.45, 7) is 1.72. The van der Waals surface area contributed by atoms with Crippen molar-refractivity contribution in [2.45, 2.75) is 11.8 Å². The van der Waals surface area contributed by atoms with Crippen LogP contribution in [0, 0.1) is 12.7 Å². The summed E-state index contributed by atoms with van der Waals surface area (Å²) in [5.74, 6) is -0.327. The van der Waals surface area contributed by atoms with Crippen LogP contribution in [0.5, 0.6) is 0 Å². The Bertz CT molecular complexity index is 667. The zero-order valence-electron chi connectivity index (χ0n) is 11.0. The number of nitrogens with zero attached hydrogens (tertiary/aromatic N) is 1. The van der Waals surface area contributed by atoms with Gasteiger partial charge in [-0.15, -0.1) is 11.8 Å². The number of hydrogen-bond donors (Lipinski definition) is 1. The molecule has 1 heterocycles. The quantitative estimate of drug-likeness (QED) is 0.875. The van der Waals surface area contributed by atoms with Crippen LogP contribution < -0.4 is 10.9 Å². The average Bonchev–Trinajstić information content (AvgIpc) is 2.41. The molecule has 3 nitrogen and oxygen atoms in total. The first-order valence-electron chi connectivity index (χ1n) is 5.79. The van der Waals surface area contributed by atoms with Crippen molar-refractivity contribution in [1.29, 1.82) is 0 Å². The highest BCUT2D eigenvalue weighted by atomic mass is 32.2. The number of pyridine rings is 1. The van der Waals surface area contributed by atoms with Crippen LogP contribution in [-0.2, 0) is 7.05 Å². The average molecular weight is 278 g/mol. The standard InChI is InChI=1S/C14H15FN2OS/c1-9-12(6-7-17(2)14(9)18)16-13-5-4-10(19-3)8-11(13)15/h4-8,16H,1-3H3. The number of nitrogens with one attached hydrogen (secondary N) is 1. The molecule has 2 aromatic rings. The summed E-state index contributed by atoms with van der Waals surface area (Å²) < 4.78 is 15.4. The molecule has 0 atom stereocenters. The van der Waals surface area contributed by atoms with Crippen LogP contribution >= 0.6 is 11.8 Å². The molecule has 100 valence electrons. The van der Waals surface area contributed by atoms with Crippen molar-refractivity contribution in [2.24, 2.45) is 7.05 Å². The Morgan fingerprint density at radius 3 is 2.63 bits per heavy atom. The number of thioether (sulfide) groups is 1. The lowest BCUT2D eigenvalue weighted by atomic mass is 10.2. The van der Waals surface area contributed by atoms with E-state index in [1.165, 1.54) is 22.4 Å². The minimum atomic E-state index is -0.327. The Morgan fingerprint density at radius 2 is 2.00 bits per heavy atom. The summed E-state index contributed by atoms with van der Waals surface area (Å²) in [4.78, 5) is 12.7. The van der Waals surface area contributed by atoms with Gasteiger partial charge in [-0.25, -0.2) is 4.39 Å². The first-order chi connectivity index (χ1) is 9.02. The summed E-state index contributed by atoms with van der Waals surface area (Å²) in [6.07, 6.45) is 3.55. The van der Waals surface area contributed by atoms with Gasteiger partial charge < -0.3 is 9.88 Å². The van der Waals surface area contributed by atoms with Crippen molar-refractivity contribution in [2.75, 3.05) is 11.6 Å². The van der Waals surface area contributed by atoms with E-state index in [0.29, 0.717) is 16.9 Å². The second kappa shape index (κ2) is 5.48. The van der Waals surface area contributed by atoms with E-state index in [-0.39, 0.29) is 11.4 Å². The Morgan fingerprint density at radius 1 is 1.26 bits per heavy atom. The zero-order valence-corrected chi connectivity index (χ0v) is 11.8. The molecule has 0 bridgehead atoms. The van der Waals surface area contributed by atoms with E-state index >= 15 is 0 Å². The van der Waals surface area contributed by atoms with Gasteiger partial charge in [0.15, 0.2) is 0 Å². The fraction of sp³-hybridized carbons (Fsp3) is 0.214. The highest BCUT2D eigenvalue weighted by Gasteiger charge is 2.07. The Kier molecular flexibility index (Phi) is 3.95. The summed E-state index contributed by atoms with van der Waals surface area (Å²) in [5.41, 5.74) is 1.47. The van der Waals surface area contributed by atoms with Gasteiger partial charge in [-0.05, 0) is 37.4 Å². The molecule has 0 saturated carbocycles. The Labute approximate surface area is 115 Å². The second-order valence-corrected chi connectivity index (χ2v) is 5.12. The Balaban J connectivity index is 2.37. The molecular weight excluding hydrogens is 263 g/mol.